The summed E-state index contributed by atoms with van der Waals surface area (Å²) in [6, 6.07) is 0. The lowest BCUT2D eigenvalue weighted by atomic mass is 10.4. The monoisotopic (exact) mass is 284 g/mol. The summed E-state index contributed by atoms with van der Waals surface area (Å²) in [5.41, 5.74) is 0.0724. The summed E-state index contributed by atoms with van der Waals surface area (Å²) >= 11 is 0. The third-order valence-corrected chi connectivity index (χ3v) is 2.45. The Morgan fingerprint density at radius 2 is 2.20 bits per heavy atom. The molecule has 0 bridgehead atoms. The van der Waals surface area contributed by atoms with Gasteiger partial charge in [-0.1, -0.05) is 18.6 Å². The third kappa shape index (κ3) is 5.79. The van der Waals surface area contributed by atoms with E-state index in [1.54, 1.807) is 0 Å². The Morgan fingerprint density at radius 3 is 2.90 bits per heavy atom. The smallest absolute Gasteiger partial charge is 0.360 e. The van der Waals surface area contributed by atoms with Crippen LogP contribution in [0.15, 0.2) is 6.20 Å². The summed E-state index contributed by atoms with van der Waals surface area (Å²) in [5, 5.41) is 9.96. The van der Waals surface area contributed by atoms with Gasteiger partial charge in [0.2, 0.25) is 5.91 Å². The second kappa shape index (κ2) is 9.03. The number of aromatic nitrogens is 3. The number of amides is 1. The van der Waals surface area contributed by atoms with Gasteiger partial charge in [0.15, 0.2) is 5.69 Å². The van der Waals surface area contributed by atoms with E-state index in [-0.39, 0.29) is 18.1 Å². The Bertz CT molecular complexity index is 433. The van der Waals surface area contributed by atoms with Gasteiger partial charge >= 0.3 is 5.97 Å². The van der Waals surface area contributed by atoms with Crippen molar-refractivity contribution in [2.45, 2.75) is 26.3 Å². The first-order chi connectivity index (χ1) is 9.67. The molecule has 20 heavy (non-hydrogen) atoms. The molecule has 0 aliphatic rings. The molecule has 1 aromatic rings. The first kappa shape index (κ1) is 16.1. The Kier molecular flexibility index (Phi) is 7.26. The fourth-order valence-electron chi connectivity index (χ4n) is 1.39. The topological polar surface area (TPSA) is 95.3 Å². The van der Waals surface area contributed by atoms with Crippen molar-refractivity contribution in [3.63, 3.8) is 0 Å². The zero-order chi connectivity index (χ0) is 14.8. The van der Waals surface area contributed by atoms with Gasteiger partial charge < -0.3 is 14.8 Å². The summed E-state index contributed by atoms with van der Waals surface area (Å²) in [4.78, 5) is 22.7. The molecule has 0 unspecified atom stereocenters. The van der Waals surface area contributed by atoms with Gasteiger partial charge in [0.1, 0.15) is 6.54 Å². The molecule has 0 saturated heterocycles. The SMILES string of the molecule is CCCCOCCNC(=O)Cn1cc(C(=O)OC)nn1. The third-order valence-electron chi connectivity index (χ3n) is 2.45. The van der Waals surface area contributed by atoms with Gasteiger partial charge in [-0.15, -0.1) is 5.10 Å². The number of methoxy groups -OCH3 is 1. The predicted molar refractivity (Wildman–Crippen MR) is 70.1 cm³/mol. The van der Waals surface area contributed by atoms with Crippen molar-refractivity contribution < 1.29 is 19.1 Å². The van der Waals surface area contributed by atoms with E-state index in [0.29, 0.717) is 19.8 Å². The van der Waals surface area contributed by atoms with E-state index in [4.69, 9.17) is 4.74 Å². The minimum Gasteiger partial charge on any atom is -0.464 e. The zero-order valence-corrected chi connectivity index (χ0v) is 11.8. The van der Waals surface area contributed by atoms with Crippen molar-refractivity contribution in [2.24, 2.45) is 0 Å². The number of esters is 1. The van der Waals surface area contributed by atoms with E-state index < -0.39 is 5.97 Å². The fraction of sp³-hybridized carbons (Fsp3) is 0.667. The van der Waals surface area contributed by atoms with Crippen LogP contribution < -0.4 is 5.32 Å². The highest BCUT2D eigenvalue weighted by atomic mass is 16.5. The van der Waals surface area contributed by atoms with Crippen LogP contribution in [0.5, 0.6) is 0 Å². The highest BCUT2D eigenvalue weighted by Gasteiger charge is 2.11. The highest BCUT2D eigenvalue weighted by Crippen LogP contribution is 1.95. The van der Waals surface area contributed by atoms with E-state index in [1.165, 1.54) is 18.0 Å². The summed E-state index contributed by atoms with van der Waals surface area (Å²) in [7, 11) is 1.26. The molecule has 0 spiro atoms. The first-order valence-electron chi connectivity index (χ1n) is 6.50. The molecule has 0 atom stereocenters. The van der Waals surface area contributed by atoms with Gasteiger partial charge in [-0.3, -0.25) is 4.79 Å². The summed E-state index contributed by atoms with van der Waals surface area (Å²) in [6.07, 6.45) is 3.47. The average Bonchev–Trinajstić information content (AvgIpc) is 2.90. The second-order valence-electron chi connectivity index (χ2n) is 4.11. The fourth-order valence-corrected chi connectivity index (χ4v) is 1.39. The molecule has 8 heteroatoms. The van der Waals surface area contributed by atoms with E-state index in [1.807, 2.05) is 0 Å². The molecule has 0 aliphatic carbocycles. The number of nitrogens with one attached hydrogen (secondary N) is 1. The molecule has 0 radical (unpaired) electrons. The summed E-state index contributed by atoms with van der Waals surface area (Å²) in [6.45, 7) is 3.72. The van der Waals surface area contributed by atoms with Gasteiger partial charge in [-0.25, -0.2) is 9.48 Å². The largest absolute Gasteiger partial charge is 0.464 e. The minimum absolute atomic E-state index is 0.00104. The van der Waals surface area contributed by atoms with Crippen LogP contribution in [0.2, 0.25) is 0 Å². The molecular weight excluding hydrogens is 264 g/mol. The van der Waals surface area contributed by atoms with Crippen LogP contribution in [0, 0.1) is 0 Å². The number of hydrogen-bond donors (Lipinski definition) is 1. The van der Waals surface area contributed by atoms with Gasteiger partial charge in [0.25, 0.3) is 0 Å². The van der Waals surface area contributed by atoms with Crippen LogP contribution in [0.1, 0.15) is 30.3 Å². The van der Waals surface area contributed by atoms with Crippen LogP contribution in [-0.4, -0.2) is 53.7 Å². The van der Waals surface area contributed by atoms with Crippen molar-refractivity contribution in [1.29, 1.82) is 0 Å². The predicted octanol–water partition coefficient (Wildman–Crippen LogP) is -0.00240. The van der Waals surface area contributed by atoms with Gasteiger partial charge in [-0.2, -0.15) is 0 Å². The Morgan fingerprint density at radius 1 is 1.40 bits per heavy atom. The van der Waals surface area contributed by atoms with Crippen LogP contribution in [0.3, 0.4) is 0 Å². The number of nitrogens with zero attached hydrogens (tertiary/aromatic N) is 3. The number of ether oxygens (including phenoxy) is 2. The number of hydrogen-bond acceptors (Lipinski definition) is 6. The lowest BCUT2D eigenvalue weighted by molar-refractivity contribution is -0.122. The highest BCUT2D eigenvalue weighted by molar-refractivity contribution is 5.86. The van der Waals surface area contributed by atoms with Gasteiger partial charge in [0, 0.05) is 13.2 Å². The summed E-state index contributed by atoms with van der Waals surface area (Å²) < 4.78 is 11.1. The molecule has 112 valence electrons. The van der Waals surface area contributed by atoms with Gasteiger partial charge in [-0.05, 0) is 6.42 Å². The van der Waals surface area contributed by atoms with E-state index in [9.17, 15) is 9.59 Å². The van der Waals surface area contributed by atoms with Crippen molar-refractivity contribution in [1.82, 2.24) is 20.3 Å². The van der Waals surface area contributed by atoms with Crippen molar-refractivity contribution in [3.05, 3.63) is 11.9 Å². The molecule has 0 aromatic carbocycles. The zero-order valence-electron chi connectivity index (χ0n) is 11.8. The van der Waals surface area contributed by atoms with Crippen LogP contribution >= 0.6 is 0 Å². The number of carbonyl (C=O) groups is 2. The summed E-state index contributed by atoms with van der Waals surface area (Å²) in [5.74, 6) is -0.800. The number of carbonyl (C=O) groups excluding carboxylic acids is 2. The van der Waals surface area contributed by atoms with Gasteiger partial charge in [0.05, 0.1) is 19.9 Å². The molecule has 0 saturated carbocycles. The van der Waals surface area contributed by atoms with E-state index in [0.717, 1.165) is 12.8 Å². The molecule has 8 nitrogen and oxygen atoms in total. The number of unbranched alkanes of at least 4 members (excludes halogenated alkanes) is 1. The van der Waals surface area contributed by atoms with Crippen LogP contribution in [0.25, 0.3) is 0 Å². The van der Waals surface area contributed by atoms with Crippen LogP contribution in [0.4, 0.5) is 0 Å². The molecule has 0 aliphatic heterocycles. The Labute approximate surface area is 117 Å². The molecule has 1 aromatic heterocycles. The first-order valence-corrected chi connectivity index (χ1v) is 6.50. The van der Waals surface area contributed by atoms with Crippen molar-refractivity contribution in [3.8, 4) is 0 Å². The molecule has 1 N–H and O–H groups in total. The average molecular weight is 284 g/mol. The quantitative estimate of drug-likeness (QED) is 0.506. The normalized spacial score (nSPS) is 10.3. The maximum atomic E-state index is 11.6. The van der Waals surface area contributed by atoms with E-state index in [2.05, 4.69) is 27.3 Å². The maximum Gasteiger partial charge on any atom is 0.360 e. The Hall–Kier alpha value is -1.96. The lowest BCUT2D eigenvalue weighted by Crippen LogP contribution is -2.30. The lowest BCUT2D eigenvalue weighted by Gasteiger charge is -2.05. The molecule has 0 fully saturated rings. The molecular formula is C12H20N4O4. The molecule has 1 heterocycles. The number of rotatable bonds is 9. The van der Waals surface area contributed by atoms with Crippen LogP contribution in [-0.2, 0) is 20.8 Å². The standard InChI is InChI=1S/C12H20N4O4/c1-3-4-6-20-7-5-13-11(17)9-16-8-10(14-15-16)12(18)19-2/h8H,3-7,9H2,1-2H3,(H,13,17). The van der Waals surface area contributed by atoms with Crippen molar-refractivity contribution >= 4 is 11.9 Å². The Balaban J connectivity index is 2.22. The second-order valence-corrected chi connectivity index (χ2v) is 4.11. The van der Waals surface area contributed by atoms with Crippen molar-refractivity contribution in [2.75, 3.05) is 26.9 Å². The van der Waals surface area contributed by atoms with E-state index >= 15 is 0 Å². The molecule has 1 amide bonds. The molecule has 1 rings (SSSR count). The maximum absolute atomic E-state index is 11.6. The minimum atomic E-state index is -0.582.